The summed E-state index contributed by atoms with van der Waals surface area (Å²) in [4.78, 5) is 2.72. The Morgan fingerprint density at radius 2 is 1.94 bits per heavy atom. The van der Waals surface area contributed by atoms with E-state index in [1.165, 1.54) is 6.92 Å². The van der Waals surface area contributed by atoms with Crippen LogP contribution >= 0.6 is 10.7 Å². The largest absolute Gasteiger partial charge is 0.574 e. The molecule has 0 unspecified atom stereocenters. The van der Waals surface area contributed by atoms with Crippen molar-refractivity contribution in [3.05, 3.63) is 11.8 Å². The van der Waals surface area contributed by atoms with Gasteiger partial charge in [0, 0.05) is 10.7 Å². The third-order valence-electron chi connectivity index (χ3n) is 1.86. The molecular weight excluding hydrogens is 299 g/mol. The van der Waals surface area contributed by atoms with Crippen molar-refractivity contribution in [2.45, 2.75) is 18.2 Å². The van der Waals surface area contributed by atoms with Crippen molar-refractivity contribution in [1.29, 1.82) is 0 Å². The summed E-state index contributed by atoms with van der Waals surface area (Å²) >= 11 is 0. The standard InChI is InChI=1S/C8H7ClF3NO4S/c1-4-6(16-2)5(18(9,14)15)3-13-7(4)17-8(10,11)12/h3H,1-2H3. The molecule has 0 aliphatic carbocycles. The number of rotatable bonds is 3. The maximum absolute atomic E-state index is 12.0. The Kier molecular flexibility index (Phi) is 3.96. The highest BCUT2D eigenvalue weighted by Crippen LogP contribution is 2.35. The van der Waals surface area contributed by atoms with Gasteiger partial charge in [-0.2, -0.15) is 0 Å². The van der Waals surface area contributed by atoms with E-state index in [1.54, 1.807) is 0 Å². The fraction of sp³-hybridized carbons (Fsp3) is 0.375. The van der Waals surface area contributed by atoms with Crippen LogP contribution in [0.15, 0.2) is 11.1 Å². The molecule has 1 rings (SSSR count). The number of alkyl halides is 3. The van der Waals surface area contributed by atoms with Gasteiger partial charge in [-0.05, 0) is 6.92 Å². The van der Waals surface area contributed by atoms with Crippen LogP contribution in [0.25, 0.3) is 0 Å². The summed E-state index contributed by atoms with van der Waals surface area (Å²) in [6, 6.07) is 0. The molecule has 0 amide bonds. The number of pyridine rings is 1. The van der Waals surface area contributed by atoms with E-state index in [0.717, 1.165) is 7.11 Å². The van der Waals surface area contributed by atoms with Crippen molar-refractivity contribution in [3.8, 4) is 11.6 Å². The van der Waals surface area contributed by atoms with E-state index in [-0.39, 0.29) is 11.3 Å². The van der Waals surface area contributed by atoms with Crippen LogP contribution < -0.4 is 9.47 Å². The fourth-order valence-corrected chi connectivity index (χ4v) is 2.16. The molecule has 0 bridgehead atoms. The quantitative estimate of drug-likeness (QED) is 0.801. The van der Waals surface area contributed by atoms with Gasteiger partial charge in [-0.25, -0.2) is 13.4 Å². The first kappa shape index (κ1) is 14.8. The van der Waals surface area contributed by atoms with Gasteiger partial charge in [0.1, 0.15) is 10.6 Å². The average Bonchev–Trinajstić information content (AvgIpc) is 2.17. The van der Waals surface area contributed by atoms with Crippen molar-refractivity contribution < 1.29 is 31.1 Å². The van der Waals surface area contributed by atoms with Gasteiger partial charge in [-0.3, -0.25) is 0 Å². The van der Waals surface area contributed by atoms with Crippen molar-refractivity contribution in [3.63, 3.8) is 0 Å². The highest BCUT2D eigenvalue weighted by atomic mass is 35.7. The summed E-state index contributed by atoms with van der Waals surface area (Å²) in [6.45, 7) is 1.17. The number of hydrogen-bond donors (Lipinski definition) is 0. The van der Waals surface area contributed by atoms with Gasteiger partial charge >= 0.3 is 6.36 Å². The van der Waals surface area contributed by atoms with Gasteiger partial charge in [0.15, 0.2) is 0 Å². The third kappa shape index (κ3) is 3.39. The number of methoxy groups -OCH3 is 1. The summed E-state index contributed by atoms with van der Waals surface area (Å²) in [5.41, 5.74) is -0.225. The molecule has 0 saturated heterocycles. The Hall–Kier alpha value is -1.22. The number of aromatic nitrogens is 1. The molecule has 102 valence electrons. The highest BCUT2D eigenvalue weighted by Gasteiger charge is 2.34. The molecule has 0 N–H and O–H groups in total. The van der Waals surface area contributed by atoms with Gasteiger partial charge in [0.2, 0.25) is 5.88 Å². The summed E-state index contributed by atoms with van der Waals surface area (Å²) < 4.78 is 66.7. The SMILES string of the molecule is COc1c(S(=O)(=O)Cl)cnc(OC(F)(F)F)c1C. The van der Waals surface area contributed by atoms with Crippen LogP contribution in [0.4, 0.5) is 13.2 Å². The summed E-state index contributed by atoms with van der Waals surface area (Å²) in [5.74, 6) is -1.15. The van der Waals surface area contributed by atoms with Crippen LogP contribution in [-0.4, -0.2) is 26.9 Å². The first-order valence-electron chi connectivity index (χ1n) is 4.30. The molecule has 1 heterocycles. The molecule has 10 heteroatoms. The zero-order chi connectivity index (χ0) is 14.1. The number of ether oxygens (including phenoxy) is 2. The van der Waals surface area contributed by atoms with Crippen molar-refractivity contribution in [2.75, 3.05) is 7.11 Å². The fourth-order valence-electron chi connectivity index (χ4n) is 1.19. The molecule has 0 spiro atoms. The van der Waals surface area contributed by atoms with Gasteiger partial charge in [0.25, 0.3) is 9.05 Å². The van der Waals surface area contributed by atoms with Crippen LogP contribution in [0.3, 0.4) is 0 Å². The van der Waals surface area contributed by atoms with Crippen molar-refractivity contribution >= 4 is 19.7 Å². The lowest BCUT2D eigenvalue weighted by Crippen LogP contribution is -2.19. The molecule has 0 aliphatic heterocycles. The maximum Gasteiger partial charge on any atom is 0.574 e. The zero-order valence-corrected chi connectivity index (χ0v) is 10.7. The van der Waals surface area contributed by atoms with E-state index in [1.807, 2.05) is 0 Å². The van der Waals surface area contributed by atoms with Crippen LogP contribution in [0.5, 0.6) is 11.6 Å². The second-order valence-electron chi connectivity index (χ2n) is 3.07. The zero-order valence-electron chi connectivity index (χ0n) is 9.08. The van der Waals surface area contributed by atoms with Gasteiger partial charge < -0.3 is 9.47 Å². The summed E-state index contributed by atoms with van der Waals surface area (Å²) in [7, 11) is 2.00. The van der Waals surface area contributed by atoms with E-state index >= 15 is 0 Å². The summed E-state index contributed by atoms with van der Waals surface area (Å²) in [5, 5.41) is 0. The van der Waals surface area contributed by atoms with Gasteiger partial charge in [-0.15, -0.1) is 13.2 Å². The van der Waals surface area contributed by atoms with E-state index in [9.17, 15) is 21.6 Å². The Morgan fingerprint density at radius 3 is 2.33 bits per heavy atom. The molecule has 18 heavy (non-hydrogen) atoms. The minimum atomic E-state index is -4.94. The van der Waals surface area contributed by atoms with E-state index in [0.29, 0.717) is 6.20 Å². The van der Waals surface area contributed by atoms with E-state index in [2.05, 4.69) is 9.72 Å². The van der Waals surface area contributed by atoms with Crippen LogP contribution in [-0.2, 0) is 9.05 Å². The molecule has 0 atom stereocenters. The molecule has 5 nitrogen and oxygen atoms in total. The Morgan fingerprint density at radius 1 is 1.39 bits per heavy atom. The second kappa shape index (κ2) is 4.81. The number of hydrogen-bond acceptors (Lipinski definition) is 5. The van der Waals surface area contributed by atoms with Crippen molar-refractivity contribution in [1.82, 2.24) is 4.98 Å². The highest BCUT2D eigenvalue weighted by molar-refractivity contribution is 8.13. The molecule has 0 radical (unpaired) electrons. The van der Waals surface area contributed by atoms with Gasteiger partial charge in [-0.1, -0.05) is 0 Å². The maximum atomic E-state index is 12.0. The number of nitrogens with zero attached hydrogens (tertiary/aromatic N) is 1. The van der Waals surface area contributed by atoms with Gasteiger partial charge in [0.05, 0.1) is 18.9 Å². The molecule has 1 aromatic rings. The normalized spacial score (nSPS) is 12.3. The van der Waals surface area contributed by atoms with Crippen molar-refractivity contribution in [2.24, 2.45) is 0 Å². The van der Waals surface area contributed by atoms with Crippen LogP contribution in [0, 0.1) is 6.92 Å². The Bertz CT molecular complexity index is 558. The average molecular weight is 306 g/mol. The van der Waals surface area contributed by atoms with Crippen LogP contribution in [0.2, 0.25) is 0 Å². The monoisotopic (exact) mass is 305 g/mol. The predicted molar refractivity (Wildman–Crippen MR) is 55.2 cm³/mol. The van der Waals surface area contributed by atoms with E-state index in [4.69, 9.17) is 15.4 Å². The molecule has 0 aromatic carbocycles. The molecular formula is C8H7ClF3NO4S. The smallest absolute Gasteiger partial charge is 0.495 e. The van der Waals surface area contributed by atoms with E-state index < -0.39 is 26.2 Å². The summed E-state index contributed by atoms with van der Waals surface area (Å²) in [6.07, 6.45) is -4.31. The lowest BCUT2D eigenvalue weighted by molar-refractivity contribution is -0.276. The lowest BCUT2D eigenvalue weighted by atomic mass is 10.3. The third-order valence-corrected chi connectivity index (χ3v) is 3.18. The number of halogens is 4. The minimum absolute atomic E-state index is 0.225. The van der Waals surface area contributed by atoms with Crippen LogP contribution in [0.1, 0.15) is 5.56 Å². The first-order valence-corrected chi connectivity index (χ1v) is 6.61. The molecule has 0 aliphatic rings. The Balaban J connectivity index is 3.39. The second-order valence-corrected chi connectivity index (χ2v) is 5.61. The molecule has 0 fully saturated rings. The Labute approximate surface area is 105 Å². The predicted octanol–water partition coefficient (Wildman–Crippen LogP) is 2.22. The minimum Gasteiger partial charge on any atom is -0.495 e. The molecule has 1 aromatic heterocycles. The lowest BCUT2D eigenvalue weighted by Gasteiger charge is -2.14. The first-order chi connectivity index (χ1) is 8.06. The molecule has 0 saturated carbocycles. The topological polar surface area (TPSA) is 65.5 Å².